The highest BCUT2D eigenvalue weighted by Crippen LogP contribution is 2.33. The third-order valence-corrected chi connectivity index (χ3v) is 6.12. The topological polar surface area (TPSA) is 76.6 Å². The van der Waals surface area contributed by atoms with Crippen LogP contribution in [-0.2, 0) is 13.1 Å². The molecule has 8 heteroatoms. The molecule has 28 heavy (non-hydrogen) atoms. The van der Waals surface area contributed by atoms with Crippen molar-refractivity contribution < 1.29 is 9.53 Å². The SMILES string of the molecule is CCn1cc(OC(N)=O)c2cc(-c3nc(CN4CCN(C)CC4)cs3)ccc21. The summed E-state index contributed by atoms with van der Waals surface area (Å²) in [6.45, 7) is 8.07. The Bertz CT molecular complexity index is 988. The first-order chi connectivity index (χ1) is 13.5. The van der Waals surface area contributed by atoms with Gasteiger partial charge in [-0.15, -0.1) is 11.3 Å². The van der Waals surface area contributed by atoms with Gasteiger partial charge in [0.15, 0.2) is 5.75 Å². The van der Waals surface area contributed by atoms with Gasteiger partial charge in [-0.05, 0) is 32.2 Å². The fourth-order valence-electron chi connectivity index (χ4n) is 3.60. The van der Waals surface area contributed by atoms with E-state index < -0.39 is 6.09 Å². The Balaban J connectivity index is 1.59. The van der Waals surface area contributed by atoms with Gasteiger partial charge in [0, 0.05) is 61.8 Å². The van der Waals surface area contributed by atoms with Gasteiger partial charge in [-0.25, -0.2) is 9.78 Å². The van der Waals surface area contributed by atoms with Crippen LogP contribution in [0.5, 0.6) is 5.75 Å². The molecule has 2 N–H and O–H groups in total. The fourth-order valence-corrected chi connectivity index (χ4v) is 4.40. The first-order valence-corrected chi connectivity index (χ1v) is 10.4. The summed E-state index contributed by atoms with van der Waals surface area (Å²) < 4.78 is 7.25. The first kappa shape index (κ1) is 18.9. The van der Waals surface area contributed by atoms with Gasteiger partial charge in [0.1, 0.15) is 5.01 Å². The summed E-state index contributed by atoms with van der Waals surface area (Å²) in [5.74, 6) is 0.486. The molecule has 0 saturated carbocycles. The zero-order valence-electron chi connectivity index (χ0n) is 16.2. The van der Waals surface area contributed by atoms with E-state index in [0.717, 1.165) is 66.4 Å². The minimum atomic E-state index is -0.802. The lowest BCUT2D eigenvalue weighted by Crippen LogP contribution is -2.43. The lowest BCUT2D eigenvalue weighted by atomic mass is 10.1. The summed E-state index contributed by atoms with van der Waals surface area (Å²) >= 11 is 1.65. The number of rotatable bonds is 5. The number of nitrogens with zero attached hydrogens (tertiary/aromatic N) is 4. The van der Waals surface area contributed by atoms with Gasteiger partial charge in [0.25, 0.3) is 0 Å². The van der Waals surface area contributed by atoms with Crippen molar-refractivity contribution in [3.8, 4) is 16.3 Å². The van der Waals surface area contributed by atoms with Crippen LogP contribution in [0.15, 0.2) is 29.8 Å². The van der Waals surface area contributed by atoms with Crippen molar-refractivity contribution in [3.63, 3.8) is 0 Å². The van der Waals surface area contributed by atoms with Crippen LogP contribution < -0.4 is 10.5 Å². The van der Waals surface area contributed by atoms with E-state index in [9.17, 15) is 4.79 Å². The average molecular weight is 400 g/mol. The quantitative estimate of drug-likeness (QED) is 0.714. The van der Waals surface area contributed by atoms with Gasteiger partial charge in [-0.1, -0.05) is 0 Å². The van der Waals surface area contributed by atoms with E-state index in [1.165, 1.54) is 0 Å². The second-order valence-corrected chi connectivity index (χ2v) is 8.01. The minimum absolute atomic E-state index is 0.486. The van der Waals surface area contributed by atoms with Crippen molar-refractivity contribution >= 4 is 28.3 Å². The highest BCUT2D eigenvalue weighted by atomic mass is 32.1. The number of aryl methyl sites for hydroxylation is 1. The Labute approximate surface area is 168 Å². The number of primary amides is 1. The molecule has 148 valence electrons. The van der Waals surface area contributed by atoms with Crippen LogP contribution in [0.25, 0.3) is 21.5 Å². The number of piperazine rings is 1. The fraction of sp³-hybridized carbons (Fsp3) is 0.400. The molecule has 0 unspecified atom stereocenters. The van der Waals surface area contributed by atoms with Crippen molar-refractivity contribution in [2.45, 2.75) is 20.0 Å². The number of fused-ring (bicyclic) bond motifs is 1. The van der Waals surface area contributed by atoms with E-state index in [0.29, 0.717) is 5.75 Å². The zero-order chi connectivity index (χ0) is 19.7. The van der Waals surface area contributed by atoms with Gasteiger partial charge in [0.2, 0.25) is 0 Å². The Morgan fingerprint density at radius 2 is 2.07 bits per heavy atom. The Morgan fingerprint density at radius 1 is 1.29 bits per heavy atom. The molecule has 1 aliphatic heterocycles. The molecule has 0 bridgehead atoms. The summed E-state index contributed by atoms with van der Waals surface area (Å²) in [6.07, 6.45) is 1.02. The summed E-state index contributed by atoms with van der Waals surface area (Å²) in [6, 6.07) is 6.14. The van der Waals surface area contributed by atoms with Gasteiger partial charge in [-0.3, -0.25) is 4.90 Å². The van der Waals surface area contributed by atoms with Crippen LogP contribution in [0.3, 0.4) is 0 Å². The molecule has 2 aromatic heterocycles. The van der Waals surface area contributed by atoms with Crippen molar-refractivity contribution in [2.75, 3.05) is 33.2 Å². The van der Waals surface area contributed by atoms with Crippen LogP contribution in [0.1, 0.15) is 12.6 Å². The number of carbonyl (C=O) groups is 1. The molecule has 0 radical (unpaired) electrons. The largest absolute Gasteiger partial charge is 0.410 e. The molecule has 1 fully saturated rings. The molecule has 0 aliphatic carbocycles. The molecule has 0 spiro atoms. The van der Waals surface area contributed by atoms with E-state index >= 15 is 0 Å². The number of aromatic nitrogens is 2. The molecule has 4 rings (SSSR count). The van der Waals surface area contributed by atoms with Gasteiger partial charge in [-0.2, -0.15) is 0 Å². The number of likely N-dealkylation sites (N-methyl/N-ethyl adjacent to an activating group) is 1. The van der Waals surface area contributed by atoms with Crippen LogP contribution in [0, 0.1) is 0 Å². The molecule has 1 aromatic carbocycles. The van der Waals surface area contributed by atoms with Crippen molar-refractivity contribution in [3.05, 3.63) is 35.5 Å². The van der Waals surface area contributed by atoms with E-state index in [4.69, 9.17) is 15.5 Å². The summed E-state index contributed by atoms with van der Waals surface area (Å²) in [4.78, 5) is 20.9. The Morgan fingerprint density at radius 3 is 2.79 bits per heavy atom. The molecular formula is C20H25N5O2S. The van der Waals surface area contributed by atoms with Crippen LogP contribution in [0.2, 0.25) is 0 Å². The molecule has 7 nitrogen and oxygen atoms in total. The van der Waals surface area contributed by atoms with Crippen LogP contribution in [0.4, 0.5) is 4.79 Å². The van der Waals surface area contributed by atoms with Gasteiger partial charge >= 0.3 is 6.09 Å². The number of hydrogen-bond donors (Lipinski definition) is 1. The summed E-state index contributed by atoms with van der Waals surface area (Å²) in [5, 5.41) is 3.98. The van der Waals surface area contributed by atoms with Crippen molar-refractivity contribution in [1.82, 2.24) is 19.4 Å². The number of benzene rings is 1. The van der Waals surface area contributed by atoms with Crippen LogP contribution in [-0.4, -0.2) is 58.7 Å². The second kappa shape index (κ2) is 7.90. The number of thiazole rings is 1. The van der Waals surface area contributed by atoms with Gasteiger partial charge < -0.3 is 19.9 Å². The predicted octanol–water partition coefficient (Wildman–Crippen LogP) is 2.99. The van der Waals surface area contributed by atoms with Gasteiger partial charge in [0.05, 0.1) is 11.2 Å². The molecule has 1 amide bonds. The minimum Gasteiger partial charge on any atom is -0.408 e. The molecule has 0 atom stereocenters. The average Bonchev–Trinajstić information content (AvgIpc) is 3.28. The van der Waals surface area contributed by atoms with Crippen molar-refractivity contribution in [2.24, 2.45) is 5.73 Å². The molecule has 1 aliphatic rings. The standard InChI is InChI=1S/C20H25N5O2S/c1-3-25-12-18(27-20(21)26)16-10-14(4-5-17(16)25)19-22-15(13-28-19)11-24-8-6-23(2)7-9-24/h4-5,10,12-13H,3,6-9,11H2,1-2H3,(H2,21,26). The third-order valence-electron chi connectivity index (χ3n) is 5.18. The number of carbonyl (C=O) groups excluding carboxylic acids is 1. The molecule has 1 saturated heterocycles. The number of hydrogen-bond acceptors (Lipinski definition) is 6. The maximum atomic E-state index is 11.3. The Kier molecular flexibility index (Phi) is 5.34. The maximum Gasteiger partial charge on any atom is 0.410 e. The number of ether oxygens (including phenoxy) is 1. The smallest absolute Gasteiger partial charge is 0.408 e. The number of nitrogens with two attached hydrogens (primary N) is 1. The first-order valence-electron chi connectivity index (χ1n) is 9.49. The normalized spacial score (nSPS) is 15.9. The highest BCUT2D eigenvalue weighted by molar-refractivity contribution is 7.13. The highest BCUT2D eigenvalue weighted by Gasteiger charge is 2.17. The second-order valence-electron chi connectivity index (χ2n) is 7.16. The number of amides is 1. The molecule has 3 aromatic rings. The lowest BCUT2D eigenvalue weighted by Gasteiger charge is -2.31. The summed E-state index contributed by atoms with van der Waals surface area (Å²) in [7, 11) is 2.16. The van der Waals surface area contributed by atoms with E-state index in [1.54, 1.807) is 11.3 Å². The molecule has 3 heterocycles. The zero-order valence-corrected chi connectivity index (χ0v) is 17.0. The lowest BCUT2D eigenvalue weighted by molar-refractivity contribution is 0.147. The van der Waals surface area contributed by atoms with E-state index in [2.05, 4.69) is 28.3 Å². The monoisotopic (exact) mass is 399 g/mol. The molecular weight excluding hydrogens is 374 g/mol. The van der Waals surface area contributed by atoms with Crippen LogP contribution >= 0.6 is 11.3 Å². The predicted molar refractivity (Wildman–Crippen MR) is 112 cm³/mol. The Hall–Kier alpha value is -2.42. The van der Waals surface area contributed by atoms with E-state index in [1.807, 2.05) is 29.8 Å². The summed E-state index contributed by atoms with van der Waals surface area (Å²) in [5.41, 5.74) is 8.36. The maximum absolute atomic E-state index is 11.3. The third kappa shape index (κ3) is 3.89. The van der Waals surface area contributed by atoms with Crippen molar-refractivity contribution in [1.29, 1.82) is 0 Å². The van der Waals surface area contributed by atoms with E-state index in [-0.39, 0.29) is 0 Å².